The number of aliphatic imine (C=N–C) groups is 1. The van der Waals surface area contributed by atoms with Gasteiger partial charge in [0.15, 0.2) is 5.96 Å². The third-order valence-electron chi connectivity index (χ3n) is 4.47. The van der Waals surface area contributed by atoms with E-state index >= 15 is 0 Å². The number of hydrogen-bond acceptors (Lipinski definition) is 4. The van der Waals surface area contributed by atoms with Gasteiger partial charge >= 0.3 is 0 Å². The maximum Gasteiger partial charge on any atom is 0.219 e. The monoisotopic (exact) mass is 500 g/mol. The highest BCUT2D eigenvalue weighted by atomic mass is 127. The Morgan fingerprint density at radius 1 is 1.36 bits per heavy atom. The number of likely N-dealkylation sites (tertiary alicyclic amines) is 1. The topological polar surface area (TPSA) is 59.0 Å². The Hall–Kier alpha value is -1.94. The average Bonchev–Trinajstić information content (AvgIpc) is 3.12. The lowest BCUT2D eigenvalue weighted by Crippen LogP contribution is -2.39. The molecule has 1 fully saturated rings. The van der Waals surface area contributed by atoms with Gasteiger partial charge in [-0.2, -0.15) is 0 Å². The van der Waals surface area contributed by atoms with Crippen LogP contribution >= 0.6 is 24.0 Å². The lowest BCUT2D eigenvalue weighted by molar-refractivity contribution is 0.157. The van der Waals surface area contributed by atoms with Gasteiger partial charge in [0, 0.05) is 58.0 Å². The minimum atomic E-state index is -0.339. The molecule has 3 rings (SSSR count). The molecule has 1 saturated heterocycles. The fraction of sp³-hybridized carbons (Fsp3) is 0.400. The number of nitrogens with zero attached hydrogens (tertiary/aromatic N) is 3. The van der Waals surface area contributed by atoms with E-state index in [4.69, 9.17) is 9.47 Å². The van der Waals surface area contributed by atoms with Crippen LogP contribution in [0.4, 0.5) is 4.39 Å². The van der Waals surface area contributed by atoms with Gasteiger partial charge in [-0.05, 0) is 24.1 Å². The zero-order valence-corrected chi connectivity index (χ0v) is 18.4. The number of halogens is 2. The normalized spacial score (nSPS) is 16.6. The minimum Gasteiger partial charge on any atom is -0.439 e. The quantitative estimate of drug-likeness (QED) is 0.373. The Labute approximate surface area is 182 Å². The molecule has 0 aliphatic carbocycles. The molecule has 152 valence electrons. The van der Waals surface area contributed by atoms with Crippen LogP contribution in [0, 0.1) is 11.7 Å². The lowest BCUT2D eigenvalue weighted by atomic mass is 10.1. The molecule has 1 aliphatic rings. The number of hydrogen-bond donors (Lipinski definition) is 1. The zero-order chi connectivity index (χ0) is 19.1. The number of benzene rings is 1. The summed E-state index contributed by atoms with van der Waals surface area (Å²) in [4.78, 5) is 10.9. The van der Waals surface area contributed by atoms with Crippen molar-refractivity contribution < 1.29 is 13.9 Å². The van der Waals surface area contributed by atoms with Crippen molar-refractivity contribution in [2.75, 3.05) is 33.9 Å². The van der Waals surface area contributed by atoms with Gasteiger partial charge in [0.05, 0.1) is 6.61 Å². The van der Waals surface area contributed by atoms with E-state index in [0.29, 0.717) is 24.1 Å². The predicted octanol–water partition coefficient (Wildman–Crippen LogP) is 3.67. The van der Waals surface area contributed by atoms with Gasteiger partial charge in [-0.25, -0.2) is 9.37 Å². The molecular formula is C20H26FIN4O2. The summed E-state index contributed by atoms with van der Waals surface area (Å²) in [6, 6.07) is 9.70. The summed E-state index contributed by atoms with van der Waals surface area (Å²) < 4.78 is 24.0. The molecule has 0 spiro atoms. The second-order valence-electron chi connectivity index (χ2n) is 6.52. The highest BCUT2D eigenvalue weighted by Crippen LogP contribution is 2.20. The van der Waals surface area contributed by atoms with Crippen LogP contribution in [0.15, 0.2) is 47.6 Å². The highest BCUT2D eigenvalue weighted by molar-refractivity contribution is 14.0. The molecule has 1 atom stereocenters. The van der Waals surface area contributed by atoms with Crippen LogP contribution in [0.2, 0.25) is 0 Å². The van der Waals surface area contributed by atoms with E-state index in [0.717, 1.165) is 37.6 Å². The summed E-state index contributed by atoms with van der Waals surface area (Å²) in [5.41, 5.74) is 1.01. The van der Waals surface area contributed by atoms with Gasteiger partial charge in [-0.1, -0.05) is 12.1 Å². The van der Waals surface area contributed by atoms with Crippen LogP contribution < -0.4 is 10.1 Å². The number of pyridine rings is 1. The predicted molar refractivity (Wildman–Crippen MR) is 118 cm³/mol. The summed E-state index contributed by atoms with van der Waals surface area (Å²) in [7, 11) is 3.53. The molecular weight excluding hydrogens is 474 g/mol. The van der Waals surface area contributed by atoms with E-state index < -0.39 is 0 Å². The van der Waals surface area contributed by atoms with Crippen LogP contribution in [-0.2, 0) is 11.3 Å². The summed E-state index contributed by atoms with van der Waals surface area (Å²) in [5, 5.41) is 3.37. The Morgan fingerprint density at radius 2 is 2.21 bits per heavy atom. The second kappa shape index (κ2) is 11.2. The molecule has 2 aromatic rings. The van der Waals surface area contributed by atoms with Crippen molar-refractivity contribution in [1.82, 2.24) is 15.2 Å². The van der Waals surface area contributed by atoms with E-state index in [2.05, 4.69) is 20.2 Å². The minimum absolute atomic E-state index is 0. The Bertz CT molecular complexity index is 773. The van der Waals surface area contributed by atoms with Gasteiger partial charge in [-0.3, -0.25) is 4.99 Å². The van der Waals surface area contributed by atoms with Crippen LogP contribution in [0.25, 0.3) is 0 Å². The van der Waals surface area contributed by atoms with Gasteiger partial charge < -0.3 is 19.7 Å². The standard InChI is InChI=1S/C20H25FN4O2.HI/c1-22-20(25-9-8-16(13-25)14-26-2)24-12-15-6-7-19(23-11-15)27-18-5-3-4-17(21)10-18;/h3-7,10-11,16H,8-9,12-14H2,1-2H3,(H,22,24);1H. The van der Waals surface area contributed by atoms with E-state index in [1.54, 1.807) is 38.6 Å². The van der Waals surface area contributed by atoms with Crippen molar-refractivity contribution in [3.8, 4) is 11.6 Å². The molecule has 2 heterocycles. The Balaban J connectivity index is 0.00000280. The van der Waals surface area contributed by atoms with Crippen molar-refractivity contribution in [3.63, 3.8) is 0 Å². The largest absolute Gasteiger partial charge is 0.439 e. The van der Waals surface area contributed by atoms with E-state index in [1.165, 1.54) is 12.1 Å². The van der Waals surface area contributed by atoms with Crippen molar-refractivity contribution in [2.24, 2.45) is 10.9 Å². The van der Waals surface area contributed by atoms with Crippen molar-refractivity contribution >= 4 is 29.9 Å². The number of aromatic nitrogens is 1. The summed E-state index contributed by atoms with van der Waals surface area (Å²) in [5.74, 6) is 1.95. The molecule has 1 aliphatic heterocycles. The second-order valence-corrected chi connectivity index (χ2v) is 6.52. The van der Waals surface area contributed by atoms with Crippen LogP contribution in [0.3, 0.4) is 0 Å². The molecule has 0 amide bonds. The molecule has 0 bridgehead atoms. The zero-order valence-electron chi connectivity index (χ0n) is 16.1. The number of nitrogens with one attached hydrogen (secondary N) is 1. The summed E-state index contributed by atoms with van der Waals surface area (Å²) in [6.07, 6.45) is 2.86. The van der Waals surface area contributed by atoms with Crippen LogP contribution in [0.5, 0.6) is 11.6 Å². The Morgan fingerprint density at radius 3 is 2.89 bits per heavy atom. The summed E-state index contributed by atoms with van der Waals surface area (Å²) >= 11 is 0. The fourth-order valence-corrected chi connectivity index (χ4v) is 3.14. The molecule has 0 radical (unpaired) electrons. The van der Waals surface area contributed by atoms with Gasteiger partial charge in [0.1, 0.15) is 11.6 Å². The first-order valence-electron chi connectivity index (χ1n) is 9.01. The van der Waals surface area contributed by atoms with E-state index in [1.807, 2.05) is 6.07 Å². The fourth-order valence-electron chi connectivity index (χ4n) is 3.14. The van der Waals surface area contributed by atoms with Crippen molar-refractivity contribution in [1.29, 1.82) is 0 Å². The van der Waals surface area contributed by atoms with Crippen LogP contribution in [-0.4, -0.2) is 49.7 Å². The van der Waals surface area contributed by atoms with Gasteiger partial charge in [0.25, 0.3) is 0 Å². The van der Waals surface area contributed by atoms with Gasteiger partial charge in [0.2, 0.25) is 5.88 Å². The Kier molecular flexibility index (Phi) is 8.91. The molecule has 1 aromatic carbocycles. The number of rotatable bonds is 6. The van der Waals surface area contributed by atoms with Crippen molar-refractivity contribution in [2.45, 2.75) is 13.0 Å². The van der Waals surface area contributed by atoms with E-state index in [9.17, 15) is 4.39 Å². The first-order valence-corrected chi connectivity index (χ1v) is 9.01. The molecule has 1 N–H and O–H groups in total. The SMILES string of the molecule is CN=C(NCc1ccc(Oc2cccc(F)c2)nc1)N1CCC(COC)C1.I. The first-order chi connectivity index (χ1) is 13.2. The third-order valence-corrected chi connectivity index (χ3v) is 4.47. The smallest absolute Gasteiger partial charge is 0.219 e. The molecule has 0 saturated carbocycles. The molecule has 1 unspecified atom stereocenters. The number of guanidine groups is 1. The molecule has 28 heavy (non-hydrogen) atoms. The molecule has 1 aromatic heterocycles. The van der Waals surface area contributed by atoms with Crippen LogP contribution in [0.1, 0.15) is 12.0 Å². The average molecular weight is 500 g/mol. The highest BCUT2D eigenvalue weighted by Gasteiger charge is 2.24. The first kappa shape index (κ1) is 22.4. The maximum atomic E-state index is 13.2. The van der Waals surface area contributed by atoms with Crippen molar-refractivity contribution in [3.05, 3.63) is 54.0 Å². The number of methoxy groups -OCH3 is 1. The lowest BCUT2D eigenvalue weighted by Gasteiger charge is -2.21. The third kappa shape index (κ3) is 6.30. The molecule has 8 heteroatoms. The van der Waals surface area contributed by atoms with E-state index in [-0.39, 0.29) is 29.8 Å². The maximum absolute atomic E-state index is 13.2. The van der Waals surface area contributed by atoms with Gasteiger partial charge in [-0.15, -0.1) is 24.0 Å². The number of ether oxygens (including phenoxy) is 2. The molecule has 6 nitrogen and oxygen atoms in total. The summed E-state index contributed by atoms with van der Waals surface area (Å²) in [6.45, 7) is 3.33.